The van der Waals surface area contributed by atoms with Crippen molar-refractivity contribution >= 4 is 23.4 Å². The molecule has 0 aliphatic carbocycles. The molecule has 0 aliphatic rings. The van der Waals surface area contributed by atoms with Gasteiger partial charge in [0.1, 0.15) is 0 Å². The van der Waals surface area contributed by atoms with Crippen molar-refractivity contribution in [3.05, 3.63) is 66.2 Å². The normalized spacial score (nSPS) is 10.8. The van der Waals surface area contributed by atoms with Crippen LogP contribution in [0.25, 0.3) is 21.9 Å². The molecule has 0 saturated heterocycles. The molecular formula is C17H15BO2. The minimum atomic E-state index is -1.42. The van der Waals surface area contributed by atoms with Gasteiger partial charge in [-0.1, -0.05) is 60.2 Å². The molecule has 0 aliphatic heterocycles. The molecule has 0 saturated carbocycles. The molecule has 0 fully saturated rings. The average Bonchev–Trinajstić information content (AvgIpc) is 2.46. The molecule has 0 amide bonds. The summed E-state index contributed by atoms with van der Waals surface area (Å²) < 4.78 is 0. The summed E-state index contributed by atoms with van der Waals surface area (Å²) in [6, 6.07) is 20.3. The second-order valence-corrected chi connectivity index (χ2v) is 5.01. The maximum Gasteiger partial charge on any atom is 0.488 e. The smallest absolute Gasteiger partial charge is 0.423 e. The lowest BCUT2D eigenvalue weighted by atomic mass is 9.76. The van der Waals surface area contributed by atoms with E-state index >= 15 is 0 Å². The number of hydrogen-bond acceptors (Lipinski definition) is 2. The number of benzene rings is 3. The third kappa shape index (κ3) is 2.33. The second-order valence-electron chi connectivity index (χ2n) is 5.01. The van der Waals surface area contributed by atoms with Crippen LogP contribution in [-0.2, 0) is 0 Å². The molecule has 98 valence electrons. The molecule has 0 heterocycles. The molecule has 0 bridgehead atoms. The summed E-state index contributed by atoms with van der Waals surface area (Å²) in [7, 11) is -1.42. The van der Waals surface area contributed by atoms with Crippen molar-refractivity contribution in [1.82, 2.24) is 0 Å². The van der Waals surface area contributed by atoms with Crippen molar-refractivity contribution in [2.45, 2.75) is 6.92 Å². The van der Waals surface area contributed by atoms with Crippen molar-refractivity contribution in [3.8, 4) is 11.1 Å². The Bertz CT molecular complexity index is 752. The molecule has 3 heteroatoms. The molecule has 3 aromatic carbocycles. The topological polar surface area (TPSA) is 40.5 Å². The van der Waals surface area contributed by atoms with Gasteiger partial charge in [-0.2, -0.15) is 0 Å². The van der Waals surface area contributed by atoms with E-state index < -0.39 is 7.12 Å². The largest absolute Gasteiger partial charge is 0.488 e. The first-order valence-electron chi connectivity index (χ1n) is 6.61. The zero-order chi connectivity index (χ0) is 14.1. The van der Waals surface area contributed by atoms with Crippen LogP contribution < -0.4 is 5.46 Å². The molecule has 2 nitrogen and oxygen atoms in total. The highest BCUT2D eigenvalue weighted by Gasteiger charge is 2.14. The van der Waals surface area contributed by atoms with Crippen LogP contribution in [0.2, 0.25) is 0 Å². The van der Waals surface area contributed by atoms with Gasteiger partial charge in [0, 0.05) is 0 Å². The molecule has 3 rings (SSSR count). The summed E-state index contributed by atoms with van der Waals surface area (Å²) in [5, 5.41) is 20.8. The first-order chi connectivity index (χ1) is 9.65. The van der Waals surface area contributed by atoms with E-state index in [1.54, 1.807) is 0 Å². The van der Waals surface area contributed by atoms with Crippen LogP contribution in [0.4, 0.5) is 0 Å². The van der Waals surface area contributed by atoms with E-state index in [-0.39, 0.29) is 0 Å². The van der Waals surface area contributed by atoms with E-state index in [2.05, 4.69) is 24.3 Å². The molecule has 3 aromatic rings. The molecule has 0 unspecified atom stereocenters. The van der Waals surface area contributed by atoms with Gasteiger partial charge in [-0.15, -0.1) is 0 Å². The Labute approximate surface area is 118 Å². The van der Waals surface area contributed by atoms with Crippen molar-refractivity contribution in [2.24, 2.45) is 0 Å². The van der Waals surface area contributed by atoms with E-state index in [4.69, 9.17) is 0 Å². The monoisotopic (exact) mass is 262 g/mol. The highest BCUT2D eigenvalue weighted by atomic mass is 16.4. The van der Waals surface area contributed by atoms with Crippen molar-refractivity contribution in [2.75, 3.05) is 0 Å². The predicted molar refractivity (Wildman–Crippen MR) is 83.9 cm³/mol. The van der Waals surface area contributed by atoms with Crippen LogP contribution in [0.5, 0.6) is 0 Å². The zero-order valence-corrected chi connectivity index (χ0v) is 11.2. The molecule has 2 N–H and O–H groups in total. The second kappa shape index (κ2) is 5.12. The lowest BCUT2D eigenvalue weighted by molar-refractivity contribution is 0.425. The molecule has 20 heavy (non-hydrogen) atoms. The first kappa shape index (κ1) is 12.9. The fourth-order valence-electron chi connectivity index (χ4n) is 2.52. The van der Waals surface area contributed by atoms with Crippen molar-refractivity contribution < 1.29 is 10.0 Å². The van der Waals surface area contributed by atoms with Gasteiger partial charge in [0.15, 0.2) is 0 Å². The van der Waals surface area contributed by atoms with Gasteiger partial charge >= 0.3 is 7.12 Å². The number of aryl methyl sites for hydroxylation is 1. The quantitative estimate of drug-likeness (QED) is 0.696. The van der Waals surface area contributed by atoms with Gasteiger partial charge in [-0.25, -0.2) is 0 Å². The average molecular weight is 262 g/mol. The molecular weight excluding hydrogens is 247 g/mol. The van der Waals surface area contributed by atoms with E-state index in [1.807, 2.05) is 43.3 Å². The summed E-state index contributed by atoms with van der Waals surface area (Å²) in [4.78, 5) is 0. The summed E-state index contributed by atoms with van der Waals surface area (Å²) in [6.07, 6.45) is 0. The Morgan fingerprint density at radius 1 is 0.750 bits per heavy atom. The van der Waals surface area contributed by atoms with Crippen LogP contribution >= 0.6 is 0 Å². The number of rotatable bonds is 2. The molecule has 0 aromatic heterocycles. The third-order valence-corrected chi connectivity index (χ3v) is 3.61. The van der Waals surface area contributed by atoms with Crippen LogP contribution in [0, 0.1) is 6.92 Å². The van der Waals surface area contributed by atoms with E-state index in [9.17, 15) is 10.0 Å². The lowest BCUT2D eigenvalue weighted by Crippen LogP contribution is -2.31. The zero-order valence-electron chi connectivity index (χ0n) is 11.2. The van der Waals surface area contributed by atoms with Gasteiger partial charge in [0.05, 0.1) is 0 Å². The Morgan fingerprint density at radius 2 is 1.50 bits per heavy atom. The fourth-order valence-corrected chi connectivity index (χ4v) is 2.52. The van der Waals surface area contributed by atoms with Gasteiger partial charge < -0.3 is 10.0 Å². The summed E-state index contributed by atoms with van der Waals surface area (Å²) >= 11 is 0. The van der Waals surface area contributed by atoms with Crippen LogP contribution in [0.3, 0.4) is 0 Å². The lowest BCUT2D eigenvalue weighted by Gasteiger charge is -2.09. The third-order valence-electron chi connectivity index (χ3n) is 3.61. The Hall–Kier alpha value is -2.10. The summed E-state index contributed by atoms with van der Waals surface area (Å²) in [6.45, 7) is 1.89. The molecule has 0 radical (unpaired) electrons. The Kier molecular flexibility index (Phi) is 3.31. The van der Waals surface area contributed by atoms with Crippen LogP contribution in [0.1, 0.15) is 5.56 Å². The SMILES string of the molecule is Cc1cc2cc(-c3ccccc3)ccc2cc1B(O)O. The maximum absolute atomic E-state index is 9.35. The van der Waals surface area contributed by atoms with Crippen molar-refractivity contribution in [3.63, 3.8) is 0 Å². The Balaban J connectivity index is 2.15. The van der Waals surface area contributed by atoms with Gasteiger partial charge in [0.2, 0.25) is 0 Å². The molecule has 0 spiro atoms. The van der Waals surface area contributed by atoms with Crippen molar-refractivity contribution in [1.29, 1.82) is 0 Å². The fraction of sp³-hybridized carbons (Fsp3) is 0.0588. The van der Waals surface area contributed by atoms with E-state index in [0.29, 0.717) is 5.46 Å². The van der Waals surface area contributed by atoms with Gasteiger partial charge in [-0.3, -0.25) is 0 Å². The molecule has 0 atom stereocenters. The van der Waals surface area contributed by atoms with Gasteiger partial charge in [-0.05, 0) is 40.4 Å². The number of fused-ring (bicyclic) bond motifs is 1. The van der Waals surface area contributed by atoms with Crippen LogP contribution in [-0.4, -0.2) is 17.2 Å². The minimum Gasteiger partial charge on any atom is -0.423 e. The standard InChI is InChI=1S/C17H15BO2/c1-12-9-16-10-14(13-5-3-2-4-6-13)7-8-15(16)11-17(12)18(19)20/h2-11,19-20H,1H3. The van der Waals surface area contributed by atoms with Gasteiger partial charge in [0.25, 0.3) is 0 Å². The minimum absolute atomic E-state index is 0.560. The maximum atomic E-state index is 9.35. The highest BCUT2D eigenvalue weighted by molar-refractivity contribution is 6.59. The predicted octanol–water partition coefficient (Wildman–Crippen LogP) is 2.50. The van der Waals surface area contributed by atoms with E-state index in [0.717, 1.165) is 21.9 Å². The van der Waals surface area contributed by atoms with Crippen LogP contribution in [0.15, 0.2) is 60.7 Å². The highest BCUT2D eigenvalue weighted by Crippen LogP contribution is 2.24. The van der Waals surface area contributed by atoms with E-state index in [1.165, 1.54) is 5.56 Å². The number of hydrogen-bond donors (Lipinski definition) is 2. The first-order valence-corrected chi connectivity index (χ1v) is 6.61. The summed E-state index contributed by atoms with van der Waals surface area (Å²) in [5.41, 5.74) is 3.79. The Morgan fingerprint density at radius 3 is 2.20 bits per heavy atom. The summed E-state index contributed by atoms with van der Waals surface area (Å²) in [5.74, 6) is 0.